The smallest absolute Gasteiger partial charge is 0.224 e. The van der Waals surface area contributed by atoms with Crippen molar-refractivity contribution in [1.82, 2.24) is 9.97 Å². The van der Waals surface area contributed by atoms with E-state index in [4.69, 9.17) is 16.3 Å². The second-order valence-electron chi connectivity index (χ2n) is 4.35. The molecule has 2 aromatic rings. The van der Waals surface area contributed by atoms with E-state index in [-0.39, 0.29) is 0 Å². The largest absolute Gasteiger partial charge is 0.439 e. The van der Waals surface area contributed by atoms with Gasteiger partial charge in [-0.3, -0.25) is 0 Å². The van der Waals surface area contributed by atoms with E-state index in [2.05, 4.69) is 22.2 Å². The predicted molar refractivity (Wildman–Crippen MR) is 81.7 cm³/mol. The molecule has 106 valence electrons. The van der Waals surface area contributed by atoms with Gasteiger partial charge in [-0.2, -0.15) is 4.98 Å². The van der Waals surface area contributed by atoms with Gasteiger partial charge in [0.15, 0.2) is 0 Å². The Labute approximate surface area is 124 Å². The molecule has 1 aromatic heterocycles. The number of ether oxygens (including phenoxy) is 1. The van der Waals surface area contributed by atoms with Gasteiger partial charge in [0.1, 0.15) is 17.4 Å². The molecule has 1 heterocycles. The third-order valence-corrected chi connectivity index (χ3v) is 2.87. The van der Waals surface area contributed by atoms with Crippen molar-refractivity contribution in [2.75, 3.05) is 11.9 Å². The van der Waals surface area contributed by atoms with Crippen LogP contribution in [0, 0.1) is 0 Å². The molecule has 0 spiro atoms. The molecule has 2 rings (SSSR count). The quantitative estimate of drug-likeness (QED) is 0.861. The molecule has 5 heteroatoms. The molecule has 0 aliphatic heterocycles. The van der Waals surface area contributed by atoms with Crippen molar-refractivity contribution < 1.29 is 4.74 Å². The minimum atomic E-state index is 0.526. The Morgan fingerprint density at radius 2 is 2.05 bits per heavy atom. The lowest BCUT2D eigenvalue weighted by molar-refractivity contribution is 0.459. The highest BCUT2D eigenvalue weighted by Crippen LogP contribution is 2.24. The number of nitrogens with zero attached hydrogens (tertiary/aromatic N) is 2. The van der Waals surface area contributed by atoms with Gasteiger partial charge in [-0.1, -0.05) is 31.5 Å². The zero-order chi connectivity index (χ0) is 14.4. The van der Waals surface area contributed by atoms with E-state index in [1.807, 2.05) is 19.1 Å². The second-order valence-corrected chi connectivity index (χ2v) is 4.78. The summed E-state index contributed by atoms with van der Waals surface area (Å²) in [5.41, 5.74) is 0. The predicted octanol–water partition coefficient (Wildman–Crippen LogP) is 4.31. The van der Waals surface area contributed by atoms with Crippen molar-refractivity contribution in [3.05, 3.63) is 41.2 Å². The molecule has 0 aliphatic rings. The zero-order valence-electron chi connectivity index (χ0n) is 11.7. The molecule has 0 saturated heterocycles. The topological polar surface area (TPSA) is 47.0 Å². The van der Waals surface area contributed by atoms with Crippen molar-refractivity contribution in [3.8, 4) is 11.6 Å². The maximum Gasteiger partial charge on any atom is 0.224 e. The molecule has 0 amide bonds. The summed E-state index contributed by atoms with van der Waals surface area (Å²) >= 11 is 5.94. The maximum absolute atomic E-state index is 5.94. The molecule has 0 unspecified atom stereocenters. The first-order valence-electron chi connectivity index (χ1n) is 6.76. The van der Waals surface area contributed by atoms with E-state index in [1.54, 1.807) is 18.2 Å². The first-order valence-corrected chi connectivity index (χ1v) is 7.14. The molecular weight excluding hydrogens is 274 g/mol. The van der Waals surface area contributed by atoms with E-state index in [9.17, 15) is 0 Å². The Balaban J connectivity index is 2.21. The van der Waals surface area contributed by atoms with Gasteiger partial charge in [0.2, 0.25) is 5.88 Å². The summed E-state index contributed by atoms with van der Waals surface area (Å²) in [5.74, 6) is 2.73. The van der Waals surface area contributed by atoms with Gasteiger partial charge in [-0.15, -0.1) is 0 Å². The number of benzene rings is 1. The fraction of sp³-hybridized carbons (Fsp3) is 0.333. The average molecular weight is 292 g/mol. The van der Waals surface area contributed by atoms with Gasteiger partial charge in [-0.25, -0.2) is 4.98 Å². The number of aryl methyl sites for hydroxylation is 1. The van der Waals surface area contributed by atoms with Crippen LogP contribution in [0.1, 0.15) is 26.1 Å². The van der Waals surface area contributed by atoms with E-state index in [0.717, 1.165) is 31.0 Å². The Kier molecular flexibility index (Phi) is 5.18. The highest BCUT2D eigenvalue weighted by atomic mass is 35.5. The van der Waals surface area contributed by atoms with E-state index >= 15 is 0 Å². The number of anilines is 1. The third kappa shape index (κ3) is 4.10. The van der Waals surface area contributed by atoms with Crippen LogP contribution < -0.4 is 10.1 Å². The third-order valence-electron chi connectivity index (χ3n) is 2.64. The number of halogens is 1. The Morgan fingerprint density at radius 3 is 2.75 bits per heavy atom. The minimum absolute atomic E-state index is 0.526. The molecule has 0 aliphatic carbocycles. The van der Waals surface area contributed by atoms with Gasteiger partial charge in [0.25, 0.3) is 0 Å². The van der Waals surface area contributed by atoms with Crippen LogP contribution in [0.2, 0.25) is 5.02 Å². The summed E-state index contributed by atoms with van der Waals surface area (Å²) in [7, 11) is 0. The Morgan fingerprint density at radius 1 is 1.20 bits per heavy atom. The van der Waals surface area contributed by atoms with Crippen molar-refractivity contribution in [1.29, 1.82) is 0 Å². The minimum Gasteiger partial charge on any atom is -0.439 e. The van der Waals surface area contributed by atoms with E-state index in [0.29, 0.717) is 16.7 Å². The van der Waals surface area contributed by atoms with Crippen molar-refractivity contribution in [2.24, 2.45) is 0 Å². The molecular formula is C15H18ClN3O. The molecule has 20 heavy (non-hydrogen) atoms. The SMILES string of the molecule is CCCNc1cc(Oc2cccc(Cl)c2)nc(CC)n1. The van der Waals surface area contributed by atoms with Crippen LogP contribution in [-0.2, 0) is 6.42 Å². The lowest BCUT2D eigenvalue weighted by atomic mass is 10.3. The van der Waals surface area contributed by atoms with Gasteiger partial charge in [-0.05, 0) is 24.6 Å². The summed E-state index contributed by atoms with van der Waals surface area (Å²) in [6.45, 7) is 5.00. The molecule has 0 saturated carbocycles. The number of rotatable bonds is 6. The molecule has 0 atom stereocenters. The lowest BCUT2D eigenvalue weighted by Crippen LogP contribution is -2.05. The first kappa shape index (κ1) is 14.6. The maximum atomic E-state index is 5.94. The van der Waals surface area contributed by atoms with Gasteiger partial charge in [0.05, 0.1) is 0 Å². The lowest BCUT2D eigenvalue weighted by Gasteiger charge is -2.10. The standard InChI is InChI=1S/C15H18ClN3O/c1-3-8-17-14-10-15(19-13(4-2)18-14)20-12-7-5-6-11(16)9-12/h5-7,9-10H,3-4,8H2,1-2H3,(H,17,18,19). The van der Waals surface area contributed by atoms with Gasteiger partial charge < -0.3 is 10.1 Å². The van der Waals surface area contributed by atoms with Crippen LogP contribution in [0.4, 0.5) is 5.82 Å². The van der Waals surface area contributed by atoms with Crippen molar-refractivity contribution in [2.45, 2.75) is 26.7 Å². The fourth-order valence-electron chi connectivity index (χ4n) is 1.68. The molecule has 0 radical (unpaired) electrons. The number of nitrogens with one attached hydrogen (secondary N) is 1. The molecule has 0 bridgehead atoms. The van der Waals surface area contributed by atoms with E-state index < -0.39 is 0 Å². The van der Waals surface area contributed by atoms with Crippen LogP contribution in [0.3, 0.4) is 0 Å². The molecule has 0 fully saturated rings. The Bertz CT molecular complexity index is 575. The van der Waals surface area contributed by atoms with Crippen LogP contribution in [-0.4, -0.2) is 16.5 Å². The van der Waals surface area contributed by atoms with Crippen molar-refractivity contribution in [3.63, 3.8) is 0 Å². The Hall–Kier alpha value is -1.81. The van der Waals surface area contributed by atoms with Crippen LogP contribution in [0.5, 0.6) is 11.6 Å². The van der Waals surface area contributed by atoms with E-state index in [1.165, 1.54) is 0 Å². The van der Waals surface area contributed by atoms with Crippen LogP contribution in [0.15, 0.2) is 30.3 Å². The normalized spacial score (nSPS) is 10.3. The highest BCUT2D eigenvalue weighted by Gasteiger charge is 2.06. The monoisotopic (exact) mass is 291 g/mol. The summed E-state index contributed by atoms with van der Waals surface area (Å²) in [5, 5.41) is 3.89. The molecule has 4 nitrogen and oxygen atoms in total. The first-order chi connectivity index (χ1) is 9.71. The molecule has 1 aromatic carbocycles. The number of hydrogen-bond donors (Lipinski definition) is 1. The van der Waals surface area contributed by atoms with Crippen LogP contribution >= 0.6 is 11.6 Å². The highest BCUT2D eigenvalue weighted by molar-refractivity contribution is 6.30. The average Bonchev–Trinajstić information content (AvgIpc) is 2.45. The number of hydrogen-bond acceptors (Lipinski definition) is 4. The number of aromatic nitrogens is 2. The summed E-state index contributed by atoms with van der Waals surface area (Å²) in [4.78, 5) is 8.79. The second kappa shape index (κ2) is 7.10. The summed E-state index contributed by atoms with van der Waals surface area (Å²) < 4.78 is 5.75. The molecule has 1 N–H and O–H groups in total. The fourth-order valence-corrected chi connectivity index (χ4v) is 1.86. The van der Waals surface area contributed by atoms with Gasteiger partial charge >= 0.3 is 0 Å². The summed E-state index contributed by atoms with van der Waals surface area (Å²) in [6, 6.07) is 9.05. The van der Waals surface area contributed by atoms with Crippen molar-refractivity contribution >= 4 is 17.4 Å². The van der Waals surface area contributed by atoms with Crippen LogP contribution in [0.25, 0.3) is 0 Å². The van der Waals surface area contributed by atoms with Gasteiger partial charge in [0, 0.05) is 24.1 Å². The summed E-state index contributed by atoms with van der Waals surface area (Å²) in [6.07, 6.45) is 1.80. The zero-order valence-corrected chi connectivity index (χ0v) is 12.4.